The molecule has 0 radical (unpaired) electrons. The van der Waals surface area contributed by atoms with Crippen LogP contribution in [-0.4, -0.2) is 41.4 Å². The van der Waals surface area contributed by atoms with Gasteiger partial charge in [0.2, 0.25) is 0 Å². The topological polar surface area (TPSA) is 69.6 Å². The molecular weight excluding hydrogens is 288 g/mol. The molecule has 1 saturated heterocycles. The number of hydrogen-bond donors (Lipinski definition) is 2. The number of likely N-dealkylation sites (tertiary alicyclic amines) is 1. The minimum Gasteiger partial charge on any atom is -0.481 e. The molecule has 2 N–H and O–H groups in total. The first kappa shape index (κ1) is 15.7. The molecule has 1 atom stereocenters. The Hall–Kier alpha value is -1.69. The number of para-hydroxylation sites is 1. The summed E-state index contributed by atoms with van der Waals surface area (Å²) in [6.45, 7) is 0.895. The molecule has 0 spiro atoms. The zero-order valence-electron chi connectivity index (χ0n) is 12.0. The maximum atomic E-state index is 12.3. The minimum absolute atomic E-state index is 0.213. The van der Waals surface area contributed by atoms with Gasteiger partial charge in [-0.25, -0.2) is 4.79 Å². The Morgan fingerprint density at radius 3 is 2.90 bits per heavy atom. The Morgan fingerprint density at radius 1 is 1.43 bits per heavy atom. The second-order valence-corrected chi connectivity index (χ2v) is 6.01. The van der Waals surface area contributed by atoms with Gasteiger partial charge in [-0.2, -0.15) is 11.8 Å². The summed E-state index contributed by atoms with van der Waals surface area (Å²) in [5.41, 5.74) is 1.87. The highest BCUT2D eigenvalue weighted by Crippen LogP contribution is 2.22. The van der Waals surface area contributed by atoms with Crippen LogP contribution in [0.25, 0.3) is 0 Å². The number of nitrogens with zero attached hydrogens (tertiary/aromatic N) is 1. The summed E-state index contributed by atoms with van der Waals surface area (Å²) in [7, 11) is 0. The van der Waals surface area contributed by atoms with E-state index in [1.165, 1.54) is 0 Å². The zero-order chi connectivity index (χ0) is 15.2. The first-order valence-corrected chi connectivity index (χ1v) is 8.36. The number of thioether (sulfide) groups is 1. The maximum absolute atomic E-state index is 12.3. The Kier molecular flexibility index (Phi) is 5.50. The molecule has 114 valence electrons. The van der Waals surface area contributed by atoms with Crippen LogP contribution in [0.1, 0.15) is 18.4 Å². The van der Waals surface area contributed by atoms with Crippen LogP contribution < -0.4 is 5.32 Å². The molecule has 6 heteroatoms. The van der Waals surface area contributed by atoms with Crippen molar-refractivity contribution in [1.29, 1.82) is 0 Å². The van der Waals surface area contributed by atoms with Crippen LogP contribution in [-0.2, 0) is 10.5 Å². The molecular formula is C15H20N2O3S. The first-order chi connectivity index (χ1) is 10.1. The fourth-order valence-corrected chi connectivity index (χ4v) is 3.04. The molecule has 5 nitrogen and oxygen atoms in total. The molecule has 0 aliphatic carbocycles. The van der Waals surface area contributed by atoms with Gasteiger partial charge >= 0.3 is 12.0 Å². The van der Waals surface area contributed by atoms with Crippen molar-refractivity contribution in [2.45, 2.75) is 18.6 Å². The second kappa shape index (κ2) is 7.36. The summed E-state index contributed by atoms with van der Waals surface area (Å²) in [6, 6.07) is 7.48. The van der Waals surface area contributed by atoms with Crippen LogP contribution in [0.5, 0.6) is 0 Å². The Labute approximate surface area is 128 Å². The minimum atomic E-state index is -0.824. The Bertz CT molecular complexity index is 521. The Morgan fingerprint density at radius 2 is 2.19 bits per heavy atom. The number of urea groups is 1. The average Bonchev–Trinajstić information content (AvgIpc) is 2.49. The number of amides is 2. The van der Waals surface area contributed by atoms with Crippen LogP contribution in [0.3, 0.4) is 0 Å². The second-order valence-electron chi connectivity index (χ2n) is 5.14. The monoisotopic (exact) mass is 308 g/mol. The maximum Gasteiger partial charge on any atom is 0.321 e. The van der Waals surface area contributed by atoms with Gasteiger partial charge < -0.3 is 15.3 Å². The third kappa shape index (κ3) is 4.14. The lowest BCUT2D eigenvalue weighted by Gasteiger charge is -2.31. The van der Waals surface area contributed by atoms with E-state index < -0.39 is 11.9 Å². The average molecular weight is 308 g/mol. The van der Waals surface area contributed by atoms with Crippen molar-refractivity contribution in [2.24, 2.45) is 5.92 Å². The number of carbonyl (C=O) groups excluding carboxylic acids is 1. The Balaban J connectivity index is 2.02. The summed E-state index contributed by atoms with van der Waals surface area (Å²) >= 11 is 1.69. The molecule has 1 unspecified atom stereocenters. The molecule has 0 saturated carbocycles. The van der Waals surface area contributed by atoms with Crippen molar-refractivity contribution < 1.29 is 14.7 Å². The van der Waals surface area contributed by atoms with E-state index in [1.807, 2.05) is 30.5 Å². The number of nitrogens with one attached hydrogen (secondary N) is 1. The third-order valence-electron chi connectivity index (χ3n) is 3.62. The number of piperidine rings is 1. The molecule has 21 heavy (non-hydrogen) atoms. The van der Waals surface area contributed by atoms with E-state index >= 15 is 0 Å². The van der Waals surface area contributed by atoms with Gasteiger partial charge in [0.15, 0.2) is 0 Å². The van der Waals surface area contributed by atoms with Crippen LogP contribution in [0.4, 0.5) is 10.5 Å². The van der Waals surface area contributed by atoms with Crippen molar-refractivity contribution in [3.63, 3.8) is 0 Å². The molecule has 0 aromatic heterocycles. The standard InChI is InChI=1S/C15H20N2O3S/c1-21-10-12-5-2-3-7-13(12)16-15(20)17-8-4-6-11(9-17)14(18)19/h2-3,5,7,11H,4,6,8-10H2,1H3,(H,16,20)(H,18,19). The van der Waals surface area contributed by atoms with E-state index in [-0.39, 0.29) is 12.6 Å². The lowest BCUT2D eigenvalue weighted by molar-refractivity contribution is -0.143. The largest absolute Gasteiger partial charge is 0.481 e. The lowest BCUT2D eigenvalue weighted by Crippen LogP contribution is -2.44. The summed E-state index contributed by atoms with van der Waals surface area (Å²) in [5.74, 6) is -0.449. The van der Waals surface area contributed by atoms with Crippen molar-refractivity contribution in [3.05, 3.63) is 29.8 Å². The van der Waals surface area contributed by atoms with Crippen molar-refractivity contribution in [1.82, 2.24) is 4.90 Å². The van der Waals surface area contributed by atoms with Crippen LogP contribution >= 0.6 is 11.8 Å². The van der Waals surface area contributed by atoms with Gasteiger partial charge in [0, 0.05) is 24.5 Å². The van der Waals surface area contributed by atoms with Gasteiger partial charge in [0.1, 0.15) is 0 Å². The van der Waals surface area contributed by atoms with Gasteiger partial charge in [-0.3, -0.25) is 4.79 Å². The summed E-state index contributed by atoms with van der Waals surface area (Å²) < 4.78 is 0. The zero-order valence-corrected chi connectivity index (χ0v) is 12.9. The number of carboxylic acid groups (broad SMARTS) is 1. The molecule has 0 bridgehead atoms. The van der Waals surface area contributed by atoms with E-state index in [0.717, 1.165) is 23.4 Å². The van der Waals surface area contributed by atoms with Gasteiger partial charge in [0.25, 0.3) is 0 Å². The fraction of sp³-hybridized carbons (Fsp3) is 0.467. The van der Waals surface area contributed by atoms with Crippen LogP contribution in [0.2, 0.25) is 0 Å². The number of rotatable bonds is 4. The van der Waals surface area contributed by atoms with Crippen molar-refractivity contribution in [3.8, 4) is 0 Å². The molecule has 2 rings (SSSR count). The molecule has 1 heterocycles. The third-order valence-corrected chi connectivity index (χ3v) is 4.22. The molecule has 1 aromatic carbocycles. The van der Waals surface area contributed by atoms with Crippen LogP contribution in [0.15, 0.2) is 24.3 Å². The molecule has 1 fully saturated rings. The van der Waals surface area contributed by atoms with E-state index in [2.05, 4.69) is 5.32 Å². The number of hydrogen-bond acceptors (Lipinski definition) is 3. The van der Waals surface area contributed by atoms with E-state index in [4.69, 9.17) is 5.11 Å². The van der Waals surface area contributed by atoms with Crippen LogP contribution in [0, 0.1) is 5.92 Å². The number of carbonyl (C=O) groups is 2. The predicted molar refractivity (Wildman–Crippen MR) is 84.6 cm³/mol. The van der Waals surface area contributed by atoms with Crippen molar-refractivity contribution in [2.75, 3.05) is 24.7 Å². The normalized spacial score (nSPS) is 18.3. The number of aliphatic carboxylic acids is 1. The first-order valence-electron chi connectivity index (χ1n) is 6.97. The van der Waals surface area contributed by atoms with E-state index in [9.17, 15) is 9.59 Å². The highest BCUT2D eigenvalue weighted by Gasteiger charge is 2.28. The summed E-state index contributed by atoms with van der Waals surface area (Å²) in [5, 5.41) is 12.0. The highest BCUT2D eigenvalue weighted by molar-refractivity contribution is 7.97. The fourth-order valence-electron chi connectivity index (χ4n) is 2.48. The predicted octanol–water partition coefficient (Wildman–Crippen LogP) is 2.88. The van der Waals surface area contributed by atoms with Crippen molar-refractivity contribution >= 4 is 29.4 Å². The summed E-state index contributed by atoms with van der Waals surface area (Å²) in [6.07, 6.45) is 3.39. The van der Waals surface area contributed by atoms with E-state index in [1.54, 1.807) is 16.7 Å². The number of benzene rings is 1. The van der Waals surface area contributed by atoms with E-state index in [0.29, 0.717) is 13.0 Å². The molecule has 2 amide bonds. The number of anilines is 1. The summed E-state index contributed by atoms with van der Waals surface area (Å²) in [4.78, 5) is 25.0. The lowest BCUT2D eigenvalue weighted by atomic mass is 9.99. The molecule has 1 aromatic rings. The molecule has 1 aliphatic rings. The van der Waals surface area contributed by atoms with Gasteiger partial charge in [-0.15, -0.1) is 0 Å². The van der Waals surface area contributed by atoms with Gasteiger partial charge in [0.05, 0.1) is 5.92 Å². The SMILES string of the molecule is CSCc1ccccc1NC(=O)N1CCCC(C(=O)O)C1. The quantitative estimate of drug-likeness (QED) is 0.897. The van der Waals surface area contributed by atoms with Gasteiger partial charge in [-0.05, 0) is 30.7 Å². The smallest absolute Gasteiger partial charge is 0.321 e. The highest BCUT2D eigenvalue weighted by atomic mass is 32.2. The number of carboxylic acids is 1. The molecule has 1 aliphatic heterocycles. The van der Waals surface area contributed by atoms with Gasteiger partial charge in [-0.1, -0.05) is 18.2 Å².